The molecule has 3 aromatic heterocycles. The molecule has 65 heavy (non-hydrogen) atoms. The summed E-state index contributed by atoms with van der Waals surface area (Å²) in [5, 5.41) is 34.0. The Morgan fingerprint density at radius 2 is 1.57 bits per heavy atom. The average Bonchev–Trinajstić information content (AvgIpc) is 4.02. The molecule has 352 valence electrons. The summed E-state index contributed by atoms with van der Waals surface area (Å²) in [5.41, 5.74) is 10.1. The Labute approximate surface area is 385 Å². The summed E-state index contributed by atoms with van der Waals surface area (Å²) < 4.78 is 11.1. The molecule has 3 aliphatic rings. The lowest BCUT2D eigenvalue weighted by atomic mass is 9.84. The Hall–Kier alpha value is -5.16. The highest BCUT2D eigenvalue weighted by molar-refractivity contribution is 5.97. The highest BCUT2D eigenvalue weighted by Gasteiger charge is 2.41. The zero-order valence-electron chi connectivity index (χ0n) is 40.6. The third-order valence-corrected chi connectivity index (χ3v) is 14.3. The van der Waals surface area contributed by atoms with Gasteiger partial charge in [0.15, 0.2) is 0 Å². The molecular formula is C54H74N4O7. The molecule has 5 heterocycles. The molecule has 5 N–H and O–H groups in total. The fourth-order valence-corrected chi connectivity index (χ4v) is 10.2. The second kappa shape index (κ2) is 21.9. The lowest BCUT2D eigenvalue weighted by Gasteiger charge is -2.19. The molecule has 6 rings (SSSR count). The van der Waals surface area contributed by atoms with Crippen LogP contribution in [0.4, 0.5) is 0 Å². The van der Waals surface area contributed by atoms with Gasteiger partial charge in [-0.25, -0.2) is 4.98 Å². The zero-order chi connectivity index (χ0) is 47.1. The summed E-state index contributed by atoms with van der Waals surface area (Å²) in [7, 11) is 1.30. The van der Waals surface area contributed by atoms with Gasteiger partial charge in [-0.1, -0.05) is 92.1 Å². The molecule has 0 fully saturated rings. The van der Waals surface area contributed by atoms with Crippen LogP contribution in [0, 0.1) is 24.7 Å². The minimum atomic E-state index is -1.13. The number of nitrogens with one attached hydrogen (secondary N) is 2. The number of methoxy groups -OCH3 is 1. The first kappa shape index (κ1) is 49.3. The van der Waals surface area contributed by atoms with E-state index in [2.05, 4.69) is 51.5 Å². The van der Waals surface area contributed by atoms with Crippen molar-refractivity contribution >= 4 is 57.2 Å². The second-order valence-corrected chi connectivity index (χ2v) is 19.5. The van der Waals surface area contributed by atoms with Crippen LogP contribution in [0.1, 0.15) is 190 Å². The number of aliphatic hydroxyl groups is 3. The Morgan fingerprint density at radius 3 is 2.22 bits per heavy atom. The number of hydrogen-bond donors (Lipinski definition) is 5. The molecule has 0 spiro atoms. The summed E-state index contributed by atoms with van der Waals surface area (Å²) in [6.07, 6.45) is 15.4. The molecule has 11 heteroatoms. The Bertz CT molecular complexity index is 2600. The maximum atomic E-state index is 13.6. The van der Waals surface area contributed by atoms with E-state index in [1.807, 2.05) is 45.0 Å². The van der Waals surface area contributed by atoms with Gasteiger partial charge < -0.3 is 34.8 Å². The molecule has 0 unspecified atom stereocenters. The average molecular weight is 891 g/mol. The van der Waals surface area contributed by atoms with Crippen LogP contribution in [-0.4, -0.2) is 60.9 Å². The van der Waals surface area contributed by atoms with E-state index in [0.29, 0.717) is 74.0 Å². The summed E-state index contributed by atoms with van der Waals surface area (Å²) in [4.78, 5) is 44.3. The van der Waals surface area contributed by atoms with Crippen LogP contribution in [0.15, 0.2) is 29.8 Å². The Kier molecular flexibility index (Phi) is 16.6. The predicted molar refractivity (Wildman–Crippen MR) is 261 cm³/mol. The van der Waals surface area contributed by atoms with Crippen molar-refractivity contribution in [3.05, 3.63) is 79.8 Å². The van der Waals surface area contributed by atoms with Gasteiger partial charge >= 0.3 is 11.9 Å². The van der Waals surface area contributed by atoms with E-state index in [1.165, 1.54) is 57.6 Å². The van der Waals surface area contributed by atoms with E-state index < -0.39 is 11.9 Å². The number of ether oxygens (including phenoxy) is 2. The molecule has 0 radical (unpaired) electrons. The lowest BCUT2D eigenvalue weighted by Crippen LogP contribution is -2.18. The fourth-order valence-electron chi connectivity index (χ4n) is 10.2. The minimum absolute atomic E-state index is 0.112. The third-order valence-electron chi connectivity index (χ3n) is 14.3. The van der Waals surface area contributed by atoms with Crippen molar-refractivity contribution in [3.63, 3.8) is 0 Å². The molecule has 5 atom stereocenters. The highest BCUT2D eigenvalue weighted by Crippen LogP contribution is 2.46. The number of allylic oxidation sites excluding steroid dienone is 3. The highest BCUT2D eigenvalue weighted by atomic mass is 16.5. The molecule has 0 saturated heterocycles. The van der Waals surface area contributed by atoms with E-state index >= 15 is 0 Å². The van der Waals surface area contributed by atoms with Gasteiger partial charge in [-0.05, 0) is 105 Å². The van der Waals surface area contributed by atoms with Crippen molar-refractivity contribution in [3.8, 4) is 0 Å². The van der Waals surface area contributed by atoms with Gasteiger partial charge in [-0.2, -0.15) is 0 Å². The smallest absolute Gasteiger partial charge is 0.321 e. The van der Waals surface area contributed by atoms with Crippen molar-refractivity contribution in [1.82, 2.24) is 19.9 Å². The molecule has 3 aromatic rings. The normalized spacial score (nSPS) is 18.5. The van der Waals surface area contributed by atoms with Gasteiger partial charge in [0, 0.05) is 56.5 Å². The molecule has 0 aromatic carbocycles. The maximum Gasteiger partial charge on any atom is 0.321 e. The van der Waals surface area contributed by atoms with E-state index in [9.17, 15) is 24.9 Å². The van der Waals surface area contributed by atoms with Gasteiger partial charge in [-0.3, -0.25) is 14.6 Å². The van der Waals surface area contributed by atoms with Crippen molar-refractivity contribution in [1.29, 1.82) is 0 Å². The monoisotopic (exact) mass is 891 g/mol. The molecular weight excluding hydrogens is 817 g/mol. The Morgan fingerprint density at radius 1 is 0.892 bits per heavy atom. The molecule has 11 nitrogen and oxygen atoms in total. The van der Waals surface area contributed by atoms with Gasteiger partial charge in [0.2, 0.25) is 0 Å². The number of H-pyrrole nitrogens is 2. The first-order valence-corrected chi connectivity index (χ1v) is 24.2. The number of hydrogen-bond acceptors (Lipinski definition) is 9. The van der Waals surface area contributed by atoms with Gasteiger partial charge in [-0.15, -0.1) is 0 Å². The maximum absolute atomic E-state index is 13.6. The van der Waals surface area contributed by atoms with Crippen LogP contribution < -0.4 is 10.4 Å². The van der Waals surface area contributed by atoms with Gasteiger partial charge in [0.25, 0.3) is 0 Å². The molecule has 2 aliphatic heterocycles. The number of esters is 2. The summed E-state index contributed by atoms with van der Waals surface area (Å²) in [5.74, 6) is -0.517. The van der Waals surface area contributed by atoms with E-state index in [1.54, 1.807) is 0 Å². The number of fused-ring (bicyclic) bond motifs is 8. The topological polar surface area (TPSA) is 171 Å². The summed E-state index contributed by atoms with van der Waals surface area (Å²) >= 11 is 0. The number of aryl methyl sites for hydroxylation is 1. The largest absolute Gasteiger partial charge is 0.515 e. The fraction of sp³-hybridized carbons (Fsp3) is 0.556. The minimum Gasteiger partial charge on any atom is -0.515 e. The molecule has 0 amide bonds. The van der Waals surface area contributed by atoms with E-state index in [4.69, 9.17) is 19.4 Å². The Balaban J connectivity index is 1.26. The van der Waals surface area contributed by atoms with Crippen molar-refractivity contribution in [2.75, 3.05) is 13.7 Å². The summed E-state index contributed by atoms with van der Waals surface area (Å²) in [6, 6.07) is 5.70. The first-order chi connectivity index (χ1) is 31.1. The van der Waals surface area contributed by atoms with Gasteiger partial charge in [0.05, 0.1) is 48.1 Å². The van der Waals surface area contributed by atoms with Crippen LogP contribution >= 0.6 is 0 Å². The zero-order valence-corrected chi connectivity index (χ0v) is 40.6. The third kappa shape index (κ3) is 10.9. The first-order valence-electron chi connectivity index (χ1n) is 24.2. The van der Waals surface area contributed by atoms with Crippen molar-refractivity contribution in [2.24, 2.45) is 17.8 Å². The standard InChI is InChI=1S/C54H74N4O7/c1-11-37-34(7)41-25-45-39(28-59)40(29-60)46(56-45)26-42-35(8)38(51(57-42)49-50(54(63)64-10)53(62)48-36(9)43(58-52(48)49)27-44(37)55-41)21-22-47(61)65-24-23-33(6)20-14-19-32(5)18-13-17-31(4)16-12-15-30(2)3/h23,25-28,30-32,35,38,50,56,58-60,62H,11-22,24,29H2,1-10H3/b33-23+,39-28?,42-26?,44-27?,45-25?/t31-,32-,35+,38+,50-/m1/s1. The number of nitrogens with zero attached hydrogens (tertiary/aromatic N) is 2. The quantitative estimate of drug-likeness (QED) is 0.0547. The van der Waals surface area contributed by atoms with E-state index in [-0.39, 0.29) is 43.2 Å². The van der Waals surface area contributed by atoms with Crippen molar-refractivity contribution in [2.45, 2.75) is 164 Å². The number of aromatic amines is 2. The van der Waals surface area contributed by atoms with Crippen LogP contribution in [0.5, 0.6) is 0 Å². The van der Waals surface area contributed by atoms with Crippen molar-refractivity contribution < 1.29 is 34.4 Å². The number of aliphatic hydroxyl groups excluding tert-OH is 3. The van der Waals surface area contributed by atoms with Crippen LogP contribution in [-0.2, 0) is 25.7 Å². The van der Waals surface area contributed by atoms with Crippen LogP contribution in [0.2, 0.25) is 0 Å². The molecule has 8 bridgehead atoms. The van der Waals surface area contributed by atoms with E-state index in [0.717, 1.165) is 58.9 Å². The van der Waals surface area contributed by atoms with Crippen LogP contribution in [0.25, 0.3) is 45.2 Å². The predicted octanol–water partition coefficient (Wildman–Crippen LogP) is 11.3. The number of rotatable bonds is 20. The molecule has 1 aliphatic carbocycles. The number of carbonyl (C=O) groups is 2. The number of carbonyl (C=O) groups excluding carboxylic acids is 2. The second-order valence-electron chi connectivity index (χ2n) is 19.5. The lowest BCUT2D eigenvalue weighted by molar-refractivity contribution is -0.143. The number of aromatic nitrogens is 4. The summed E-state index contributed by atoms with van der Waals surface area (Å²) in [6.45, 7) is 19.4. The van der Waals surface area contributed by atoms with Crippen LogP contribution in [0.3, 0.4) is 0 Å². The SMILES string of the molecule is CCC1=C(C)c2cc3[nH]c(cc4nc(c5c6[nH]c(cc1n2)c(C)c6=C(O)[C@@H]5C(=O)OC)[C@@H](CCC(=O)OC/C=C(\C)CCC[C@H](C)CCC[C@H](C)CCCC(C)C)[C@@H]4C)c(CO)c3=CO. The van der Waals surface area contributed by atoms with Gasteiger partial charge in [0.1, 0.15) is 18.3 Å². The molecule has 0 saturated carbocycles.